The van der Waals surface area contributed by atoms with Crippen molar-refractivity contribution in [3.05, 3.63) is 71.8 Å². The Bertz CT molecular complexity index is 532. The highest BCUT2D eigenvalue weighted by molar-refractivity contribution is 5.17. The summed E-state index contributed by atoms with van der Waals surface area (Å²) in [5.41, 5.74) is 9.27. The zero-order chi connectivity index (χ0) is 16.0. The van der Waals surface area contributed by atoms with Crippen molar-refractivity contribution in [3.8, 4) is 0 Å². The van der Waals surface area contributed by atoms with Gasteiger partial charge in [-0.05, 0) is 35.9 Å². The van der Waals surface area contributed by atoms with Crippen LogP contribution in [-0.4, -0.2) is 18.0 Å². The predicted octanol–water partition coefficient (Wildman–Crippen LogP) is 4.21. The van der Waals surface area contributed by atoms with Gasteiger partial charge in [-0.2, -0.15) is 0 Å². The minimum atomic E-state index is 0.323. The fraction of sp³-hybridized carbons (Fsp3) is 0.429. The van der Waals surface area contributed by atoms with E-state index in [0.717, 1.165) is 26.2 Å². The number of nitrogens with two attached hydrogens (primary N) is 1. The molecule has 0 atom stereocenters. The second-order valence-electron chi connectivity index (χ2n) is 7.03. The van der Waals surface area contributed by atoms with Gasteiger partial charge in [0.2, 0.25) is 0 Å². The molecule has 1 saturated carbocycles. The molecule has 2 heteroatoms. The number of nitrogens with zero attached hydrogens (tertiary/aromatic N) is 1. The Labute approximate surface area is 140 Å². The summed E-state index contributed by atoms with van der Waals surface area (Å²) in [6.07, 6.45) is 5.23. The van der Waals surface area contributed by atoms with E-state index in [1.54, 1.807) is 0 Å². The highest BCUT2D eigenvalue weighted by Crippen LogP contribution is 2.38. The van der Waals surface area contributed by atoms with E-state index in [1.165, 1.54) is 36.8 Å². The van der Waals surface area contributed by atoms with Crippen LogP contribution in [0.1, 0.15) is 36.8 Å². The van der Waals surface area contributed by atoms with Crippen LogP contribution in [0.25, 0.3) is 0 Å². The largest absolute Gasteiger partial charge is 0.330 e. The topological polar surface area (TPSA) is 29.3 Å². The Morgan fingerprint density at radius 2 is 1.26 bits per heavy atom. The van der Waals surface area contributed by atoms with Crippen molar-refractivity contribution >= 4 is 0 Å². The van der Waals surface area contributed by atoms with Gasteiger partial charge in [0.15, 0.2) is 0 Å². The molecule has 1 aliphatic rings. The second-order valence-corrected chi connectivity index (χ2v) is 7.03. The van der Waals surface area contributed by atoms with E-state index in [4.69, 9.17) is 5.73 Å². The molecule has 0 radical (unpaired) electrons. The van der Waals surface area contributed by atoms with Crippen LogP contribution in [0, 0.1) is 5.41 Å². The Morgan fingerprint density at radius 1 is 0.783 bits per heavy atom. The number of benzene rings is 2. The Hall–Kier alpha value is -1.64. The molecule has 2 aromatic carbocycles. The molecule has 2 N–H and O–H groups in total. The van der Waals surface area contributed by atoms with Crippen molar-refractivity contribution in [2.45, 2.75) is 38.8 Å². The van der Waals surface area contributed by atoms with E-state index in [0.29, 0.717) is 5.41 Å². The monoisotopic (exact) mass is 308 g/mol. The lowest BCUT2D eigenvalue weighted by atomic mass is 9.85. The van der Waals surface area contributed by atoms with Gasteiger partial charge in [0.25, 0.3) is 0 Å². The molecule has 0 amide bonds. The minimum Gasteiger partial charge on any atom is -0.330 e. The Morgan fingerprint density at radius 3 is 1.70 bits per heavy atom. The van der Waals surface area contributed by atoms with Crippen LogP contribution in [-0.2, 0) is 13.1 Å². The fourth-order valence-electron chi connectivity index (χ4n) is 3.88. The lowest BCUT2D eigenvalue weighted by Gasteiger charge is -2.34. The van der Waals surface area contributed by atoms with Gasteiger partial charge in [0.05, 0.1) is 0 Å². The van der Waals surface area contributed by atoms with Crippen LogP contribution in [0.4, 0.5) is 0 Å². The average molecular weight is 308 g/mol. The molecule has 0 bridgehead atoms. The van der Waals surface area contributed by atoms with Gasteiger partial charge in [-0.1, -0.05) is 73.5 Å². The summed E-state index contributed by atoms with van der Waals surface area (Å²) in [5.74, 6) is 0. The standard InChI is InChI=1S/C21H28N2/c22-17-21(13-7-8-14-21)18-23(15-19-9-3-1-4-10-19)16-20-11-5-2-6-12-20/h1-6,9-12H,7-8,13-18,22H2. The SMILES string of the molecule is NCC1(CN(Cc2ccccc2)Cc2ccccc2)CCCC1. The molecule has 0 aliphatic heterocycles. The van der Waals surface area contributed by atoms with E-state index < -0.39 is 0 Å². The minimum absolute atomic E-state index is 0.323. The summed E-state index contributed by atoms with van der Waals surface area (Å²) >= 11 is 0. The molecular weight excluding hydrogens is 280 g/mol. The first-order chi connectivity index (χ1) is 11.3. The van der Waals surface area contributed by atoms with Crippen molar-refractivity contribution in [3.63, 3.8) is 0 Å². The summed E-state index contributed by atoms with van der Waals surface area (Å²) in [4.78, 5) is 2.59. The molecule has 122 valence electrons. The van der Waals surface area contributed by atoms with E-state index in [1.807, 2.05) is 0 Å². The van der Waals surface area contributed by atoms with Crippen molar-refractivity contribution in [1.82, 2.24) is 4.90 Å². The summed E-state index contributed by atoms with van der Waals surface area (Å²) in [7, 11) is 0. The number of rotatable bonds is 7. The summed E-state index contributed by atoms with van der Waals surface area (Å²) in [6.45, 7) is 3.91. The third kappa shape index (κ3) is 4.43. The van der Waals surface area contributed by atoms with Gasteiger partial charge in [0.1, 0.15) is 0 Å². The molecule has 0 heterocycles. The van der Waals surface area contributed by atoms with Gasteiger partial charge < -0.3 is 5.73 Å². The molecule has 0 spiro atoms. The van der Waals surface area contributed by atoms with Crippen LogP contribution in [0.3, 0.4) is 0 Å². The highest BCUT2D eigenvalue weighted by Gasteiger charge is 2.34. The predicted molar refractivity (Wildman–Crippen MR) is 97.0 cm³/mol. The third-order valence-electron chi connectivity index (χ3n) is 5.15. The van der Waals surface area contributed by atoms with Gasteiger partial charge in [0, 0.05) is 19.6 Å². The van der Waals surface area contributed by atoms with E-state index in [9.17, 15) is 0 Å². The first-order valence-electron chi connectivity index (χ1n) is 8.80. The zero-order valence-corrected chi connectivity index (χ0v) is 14.0. The van der Waals surface area contributed by atoms with Crippen molar-refractivity contribution in [2.24, 2.45) is 11.1 Å². The van der Waals surface area contributed by atoms with Crippen LogP contribution >= 0.6 is 0 Å². The molecule has 3 rings (SSSR count). The molecule has 1 aliphatic carbocycles. The van der Waals surface area contributed by atoms with Crippen LogP contribution in [0.2, 0.25) is 0 Å². The molecule has 0 unspecified atom stereocenters. The van der Waals surface area contributed by atoms with E-state index in [2.05, 4.69) is 65.6 Å². The Balaban J connectivity index is 1.75. The maximum atomic E-state index is 6.18. The first kappa shape index (κ1) is 16.2. The maximum absolute atomic E-state index is 6.18. The maximum Gasteiger partial charge on any atom is 0.0237 e. The quantitative estimate of drug-likeness (QED) is 0.830. The second kappa shape index (κ2) is 7.76. The average Bonchev–Trinajstić information content (AvgIpc) is 3.06. The van der Waals surface area contributed by atoms with E-state index in [-0.39, 0.29) is 0 Å². The molecule has 23 heavy (non-hydrogen) atoms. The van der Waals surface area contributed by atoms with Gasteiger partial charge in [-0.15, -0.1) is 0 Å². The summed E-state index contributed by atoms with van der Waals surface area (Å²) in [6, 6.07) is 21.6. The smallest absolute Gasteiger partial charge is 0.0237 e. The molecule has 2 nitrogen and oxygen atoms in total. The number of hydrogen-bond donors (Lipinski definition) is 1. The van der Waals surface area contributed by atoms with Crippen molar-refractivity contribution in [2.75, 3.05) is 13.1 Å². The first-order valence-corrected chi connectivity index (χ1v) is 8.80. The molecule has 2 aromatic rings. The number of hydrogen-bond acceptors (Lipinski definition) is 2. The summed E-state index contributed by atoms with van der Waals surface area (Å²) < 4.78 is 0. The lowest BCUT2D eigenvalue weighted by molar-refractivity contribution is 0.145. The van der Waals surface area contributed by atoms with E-state index >= 15 is 0 Å². The molecular formula is C21H28N2. The normalized spacial score (nSPS) is 16.8. The molecule has 0 saturated heterocycles. The van der Waals surface area contributed by atoms with Crippen LogP contribution < -0.4 is 5.73 Å². The van der Waals surface area contributed by atoms with Gasteiger partial charge in [-0.3, -0.25) is 4.90 Å². The van der Waals surface area contributed by atoms with Gasteiger partial charge >= 0.3 is 0 Å². The van der Waals surface area contributed by atoms with Crippen LogP contribution in [0.5, 0.6) is 0 Å². The summed E-state index contributed by atoms with van der Waals surface area (Å²) in [5, 5.41) is 0. The van der Waals surface area contributed by atoms with Crippen molar-refractivity contribution in [1.29, 1.82) is 0 Å². The van der Waals surface area contributed by atoms with Gasteiger partial charge in [-0.25, -0.2) is 0 Å². The molecule has 0 aromatic heterocycles. The zero-order valence-electron chi connectivity index (χ0n) is 14.0. The van der Waals surface area contributed by atoms with Crippen molar-refractivity contribution < 1.29 is 0 Å². The highest BCUT2D eigenvalue weighted by atomic mass is 15.1. The fourth-order valence-corrected chi connectivity index (χ4v) is 3.88. The third-order valence-corrected chi connectivity index (χ3v) is 5.15. The Kier molecular flexibility index (Phi) is 5.47. The molecule has 1 fully saturated rings. The lowest BCUT2D eigenvalue weighted by Crippen LogP contribution is -2.40. The van der Waals surface area contributed by atoms with Crippen LogP contribution in [0.15, 0.2) is 60.7 Å².